The molecule has 0 unspecified atom stereocenters. The third kappa shape index (κ3) is 4.13. The Hall–Kier alpha value is -1.75. The van der Waals surface area contributed by atoms with Crippen molar-refractivity contribution in [3.63, 3.8) is 0 Å². The van der Waals surface area contributed by atoms with Gasteiger partial charge in [-0.3, -0.25) is 9.88 Å². The van der Waals surface area contributed by atoms with Gasteiger partial charge >= 0.3 is 0 Å². The molecule has 0 N–H and O–H groups in total. The van der Waals surface area contributed by atoms with Crippen LogP contribution in [0, 0.1) is 0 Å². The molecule has 0 aliphatic heterocycles. The predicted molar refractivity (Wildman–Crippen MR) is 72.7 cm³/mol. The van der Waals surface area contributed by atoms with E-state index in [4.69, 9.17) is 4.52 Å². The summed E-state index contributed by atoms with van der Waals surface area (Å²) in [6, 6.07) is 4.08. The normalized spacial score (nSPS) is 11.4. The van der Waals surface area contributed by atoms with Gasteiger partial charge in [-0.15, -0.1) is 0 Å². The summed E-state index contributed by atoms with van der Waals surface area (Å²) in [5, 5.41) is 3.97. The first-order valence-corrected chi connectivity index (χ1v) is 6.55. The summed E-state index contributed by atoms with van der Waals surface area (Å²) < 4.78 is 5.24. The molecule has 19 heavy (non-hydrogen) atoms. The molecule has 5 heteroatoms. The van der Waals surface area contributed by atoms with Crippen LogP contribution in [0.2, 0.25) is 0 Å². The highest BCUT2D eigenvalue weighted by molar-refractivity contribution is 5.09. The maximum atomic E-state index is 5.24. The summed E-state index contributed by atoms with van der Waals surface area (Å²) in [6.45, 7) is 5.75. The Morgan fingerprint density at radius 1 is 1.26 bits per heavy atom. The fourth-order valence-corrected chi connectivity index (χ4v) is 1.75. The quantitative estimate of drug-likeness (QED) is 0.797. The van der Waals surface area contributed by atoms with Gasteiger partial charge in [0.25, 0.3) is 0 Å². The summed E-state index contributed by atoms with van der Waals surface area (Å²) in [5.41, 5.74) is 1.29. The molecule has 102 valence electrons. The maximum absolute atomic E-state index is 5.24. The first-order valence-electron chi connectivity index (χ1n) is 6.55. The fraction of sp³-hybridized carbons (Fsp3) is 0.500. The highest BCUT2D eigenvalue weighted by Gasteiger charge is 2.11. The summed E-state index contributed by atoms with van der Waals surface area (Å²) in [4.78, 5) is 10.6. The lowest BCUT2D eigenvalue weighted by atomic mass is 10.2. The standard InChI is InChI=1S/C14H20N4O/c1-11(2)14-16-13(19-17-14)10-18(3)9-6-12-4-7-15-8-5-12/h4-5,7-8,11H,6,9-10H2,1-3H3. The summed E-state index contributed by atoms with van der Waals surface area (Å²) >= 11 is 0. The van der Waals surface area contributed by atoms with E-state index >= 15 is 0 Å². The number of pyridine rings is 1. The van der Waals surface area contributed by atoms with Gasteiger partial charge in [0, 0.05) is 24.9 Å². The van der Waals surface area contributed by atoms with E-state index in [-0.39, 0.29) is 0 Å². The molecule has 2 aromatic heterocycles. The van der Waals surface area contributed by atoms with E-state index in [0.717, 1.165) is 18.8 Å². The monoisotopic (exact) mass is 260 g/mol. The van der Waals surface area contributed by atoms with Crippen LogP contribution in [0.1, 0.15) is 37.0 Å². The van der Waals surface area contributed by atoms with Crippen LogP contribution < -0.4 is 0 Å². The number of aromatic nitrogens is 3. The number of hydrogen-bond donors (Lipinski definition) is 0. The van der Waals surface area contributed by atoms with Gasteiger partial charge in [0.05, 0.1) is 6.54 Å². The van der Waals surface area contributed by atoms with E-state index in [0.29, 0.717) is 18.4 Å². The smallest absolute Gasteiger partial charge is 0.240 e. The molecule has 0 spiro atoms. The molecule has 2 aromatic rings. The van der Waals surface area contributed by atoms with Gasteiger partial charge in [-0.1, -0.05) is 19.0 Å². The number of rotatable bonds is 6. The fourth-order valence-electron chi connectivity index (χ4n) is 1.75. The lowest BCUT2D eigenvalue weighted by Crippen LogP contribution is -2.21. The van der Waals surface area contributed by atoms with E-state index in [1.54, 1.807) is 0 Å². The highest BCUT2D eigenvalue weighted by atomic mass is 16.5. The van der Waals surface area contributed by atoms with Gasteiger partial charge in [0.1, 0.15) is 0 Å². The van der Waals surface area contributed by atoms with Crippen molar-refractivity contribution in [2.45, 2.75) is 32.7 Å². The Balaban J connectivity index is 1.82. The van der Waals surface area contributed by atoms with Crippen molar-refractivity contribution in [3.05, 3.63) is 41.8 Å². The third-order valence-electron chi connectivity index (χ3n) is 2.94. The lowest BCUT2D eigenvalue weighted by Gasteiger charge is -2.13. The zero-order chi connectivity index (χ0) is 13.7. The van der Waals surface area contributed by atoms with E-state index in [1.807, 2.05) is 24.5 Å². The van der Waals surface area contributed by atoms with E-state index in [9.17, 15) is 0 Å². The molecule has 5 nitrogen and oxygen atoms in total. The van der Waals surface area contributed by atoms with Crippen LogP contribution in [0.25, 0.3) is 0 Å². The van der Waals surface area contributed by atoms with Gasteiger partial charge in [0.15, 0.2) is 5.82 Å². The van der Waals surface area contributed by atoms with Crippen molar-refractivity contribution in [2.24, 2.45) is 0 Å². The average molecular weight is 260 g/mol. The Kier molecular flexibility index (Phi) is 4.63. The van der Waals surface area contributed by atoms with Crippen LogP contribution >= 0.6 is 0 Å². The Morgan fingerprint density at radius 2 is 2.00 bits per heavy atom. The maximum Gasteiger partial charge on any atom is 0.240 e. The first-order chi connectivity index (χ1) is 9.15. The molecule has 0 aromatic carbocycles. The van der Waals surface area contributed by atoms with Crippen molar-refractivity contribution in [3.8, 4) is 0 Å². The number of nitrogens with zero attached hydrogens (tertiary/aromatic N) is 4. The molecule has 0 amide bonds. The minimum Gasteiger partial charge on any atom is -0.338 e. The molecule has 0 saturated heterocycles. The molecule has 0 saturated carbocycles. The van der Waals surface area contributed by atoms with Crippen LogP contribution in [-0.2, 0) is 13.0 Å². The molecule has 0 fully saturated rings. The van der Waals surface area contributed by atoms with Crippen LogP contribution in [0.3, 0.4) is 0 Å². The highest BCUT2D eigenvalue weighted by Crippen LogP contribution is 2.10. The molecule has 0 bridgehead atoms. The minimum absolute atomic E-state index is 0.305. The lowest BCUT2D eigenvalue weighted by molar-refractivity contribution is 0.268. The molecule has 0 radical (unpaired) electrons. The van der Waals surface area contributed by atoms with Crippen LogP contribution in [0.4, 0.5) is 0 Å². The largest absolute Gasteiger partial charge is 0.338 e. The third-order valence-corrected chi connectivity index (χ3v) is 2.94. The van der Waals surface area contributed by atoms with Gasteiger partial charge in [0.2, 0.25) is 5.89 Å². The Bertz CT molecular complexity index is 495. The molecule has 0 aliphatic carbocycles. The second-order valence-corrected chi connectivity index (χ2v) is 5.04. The zero-order valence-corrected chi connectivity index (χ0v) is 11.7. The molecular formula is C14H20N4O. The van der Waals surface area contributed by atoms with Gasteiger partial charge in [-0.05, 0) is 31.2 Å². The molecular weight excluding hydrogens is 240 g/mol. The molecule has 2 heterocycles. The van der Waals surface area contributed by atoms with Crippen LogP contribution in [0.15, 0.2) is 29.0 Å². The van der Waals surface area contributed by atoms with E-state index in [1.165, 1.54) is 5.56 Å². The van der Waals surface area contributed by atoms with Crippen LogP contribution in [0.5, 0.6) is 0 Å². The van der Waals surface area contributed by atoms with Crippen molar-refractivity contribution >= 4 is 0 Å². The number of hydrogen-bond acceptors (Lipinski definition) is 5. The molecule has 0 atom stereocenters. The second kappa shape index (κ2) is 6.43. The Labute approximate surface area is 113 Å². The summed E-state index contributed by atoms with van der Waals surface area (Å²) in [7, 11) is 2.06. The SMILES string of the molecule is CC(C)c1noc(CN(C)CCc2ccncc2)n1. The van der Waals surface area contributed by atoms with Crippen molar-refractivity contribution < 1.29 is 4.52 Å². The van der Waals surface area contributed by atoms with Gasteiger partial charge in [-0.25, -0.2) is 0 Å². The number of likely N-dealkylation sites (N-methyl/N-ethyl adjacent to an activating group) is 1. The predicted octanol–water partition coefficient (Wildman–Crippen LogP) is 2.26. The minimum atomic E-state index is 0.305. The van der Waals surface area contributed by atoms with Gasteiger partial charge in [-0.2, -0.15) is 4.98 Å². The average Bonchev–Trinajstić information content (AvgIpc) is 2.86. The Morgan fingerprint density at radius 3 is 2.63 bits per heavy atom. The van der Waals surface area contributed by atoms with E-state index in [2.05, 4.69) is 40.9 Å². The van der Waals surface area contributed by atoms with Crippen molar-refractivity contribution in [2.75, 3.05) is 13.6 Å². The van der Waals surface area contributed by atoms with Gasteiger partial charge < -0.3 is 4.52 Å². The van der Waals surface area contributed by atoms with Crippen molar-refractivity contribution in [1.29, 1.82) is 0 Å². The molecule has 2 rings (SSSR count). The van der Waals surface area contributed by atoms with Crippen LogP contribution in [-0.4, -0.2) is 33.6 Å². The summed E-state index contributed by atoms with van der Waals surface area (Å²) in [5.74, 6) is 1.76. The van der Waals surface area contributed by atoms with E-state index < -0.39 is 0 Å². The first kappa shape index (κ1) is 13.7. The second-order valence-electron chi connectivity index (χ2n) is 5.04. The molecule has 0 aliphatic rings. The summed E-state index contributed by atoms with van der Waals surface area (Å²) in [6.07, 6.45) is 4.63. The zero-order valence-electron chi connectivity index (χ0n) is 11.7. The van der Waals surface area contributed by atoms with Crippen molar-refractivity contribution in [1.82, 2.24) is 20.0 Å². The topological polar surface area (TPSA) is 55.1 Å².